The first-order valence-corrected chi connectivity index (χ1v) is 15.7. The van der Waals surface area contributed by atoms with Gasteiger partial charge in [0.2, 0.25) is 0 Å². The predicted molar refractivity (Wildman–Crippen MR) is 133 cm³/mol. The fourth-order valence-electron chi connectivity index (χ4n) is 3.74. The van der Waals surface area contributed by atoms with Crippen LogP contribution in [0.25, 0.3) is 21.5 Å². The number of benzene rings is 4. The number of hydrogen-bond donors (Lipinski definition) is 5. The molecule has 0 saturated heterocycles. The minimum atomic E-state index is -5.33. The Labute approximate surface area is 220 Å². The maximum atomic E-state index is 12.1. The second-order valence-corrected chi connectivity index (χ2v) is 13.4. The molecule has 4 aromatic carbocycles. The molecule has 0 heterocycles. The molecule has 0 aromatic heterocycles. The Kier molecular flexibility index (Phi) is 6.77. The number of hydrogen-bond acceptors (Lipinski definition) is 11. The van der Waals surface area contributed by atoms with Gasteiger partial charge >= 0.3 is 0 Å². The van der Waals surface area contributed by atoms with Crippen LogP contribution in [0.2, 0.25) is 0 Å². The Morgan fingerprint density at radius 3 is 1.67 bits per heavy atom. The molecule has 0 aliphatic heterocycles. The lowest BCUT2D eigenvalue weighted by molar-refractivity contribution is 0.445. The van der Waals surface area contributed by atoms with E-state index in [1.165, 1.54) is 24.3 Å². The summed E-state index contributed by atoms with van der Waals surface area (Å²) in [6.07, 6.45) is 0. The van der Waals surface area contributed by atoms with Crippen LogP contribution in [0.4, 0.5) is 11.4 Å². The van der Waals surface area contributed by atoms with Gasteiger partial charge in [-0.1, -0.05) is 24.3 Å². The minimum Gasteiger partial charge on any atom is -0.504 e. The van der Waals surface area contributed by atoms with Crippen LogP contribution in [0.15, 0.2) is 84.4 Å². The Hall–Kier alpha value is -3.56. The molecule has 0 aliphatic rings. The Balaban J connectivity index is 2.15. The van der Waals surface area contributed by atoms with Gasteiger partial charge in [-0.15, -0.1) is 10.2 Å². The van der Waals surface area contributed by atoms with Gasteiger partial charge in [-0.25, -0.2) is 0 Å². The normalized spacial score (nSPS) is 13.4. The number of aromatic hydroxyl groups is 1. The summed E-state index contributed by atoms with van der Waals surface area (Å²) in [5.74, 6) is -1.35. The zero-order valence-electron chi connectivity index (χ0n) is 18.7. The molecule has 19 heteroatoms. The number of phenolic OH excluding ortho intramolecular Hbond substituents is 1. The van der Waals surface area contributed by atoms with Crippen molar-refractivity contribution in [3.63, 3.8) is 0 Å². The van der Waals surface area contributed by atoms with Crippen LogP contribution in [0.1, 0.15) is 0 Å². The average Bonchev–Trinajstić information content (AvgIpc) is 2.79. The maximum absolute atomic E-state index is 12.1. The minimum absolute atomic E-state index is 0.0198. The predicted octanol–water partition coefficient (Wildman–Crippen LogP) is 3.10. The Morgan fingerprint density at radius 1 is 0.564 bits per heavy atom. The first-order chi connectivity index (χ1) is 17.8. The van der Waals surface area contributed by atoms with E-state index in [4.69, 9.17) is 0 Å². The van der Waals surface area contributed by atoms with Gasteiger partial charge in [0.15, 0.2) is 5.75 Å². The Bertz CT molecular complexity index is 2170. The van der Waals surface area contributed by atoms with Gasteiger partial charge in [-0.05, 0) is 35.7 Å². The van der Waals surface area contributed by atoms with Crippen molar-refractivity contribution in [2.75, 3.05) is 0 Å². The van der Waals surface area contributed by atoms with Crippen molar-refractivity contribution in [1.29, 1.82) is 0 Å². The van der Waals surface area contributed by atoms with Crippen molar-refractivity contribution < 1.29 is 57.0 Å². The molecule has 0 bridgehead atoms. The molecule has 206 valence electrons. The summed E-state index contributed by atoms with van der Waals surface area (Å²) in [5, 5.41) is 16.8. The molecule has 0 atom stereocenters. The van der Waals surface area contributed by atoms with Crippen molar-refractivity contribution >= 4 is 73.4 Å². The summed E-state index contributed by atoms with van der Waals surface area (Å²) in [6, 6.07) is 8.99. The van der Waals surface area contributed by atoms with Gasteiger partial charge in [-0.2, -0.15) is 33.7 Å². The molecule has 0 radical (unpaired) electrons. The summed E-state index contributed by atoms with van der Waals surface area (Å²) in [6.45, 7) is 0. The zero-order chi connectivity index (χ0) is 29.1. The van der Waals surface area contributed by atoms with Crippen molar-refractivity contribution in [1.82, 2.24) is 0 Å². The molecule has 4 aromatic rings. The lowest BCUT2D eigenvalue weighted by Gasteiger charge is -2.13. The monoisotopic (exact) mass is 618 g/mol. The molecular formula is C20H14N2O13S4. The molecule has 4 rings (SSSR count). The molecule has 15 nitrogen and oxygen atoms in total. The van der Waals surface area contributed by atoms with Gasteiger partial charge in [0.1, 0.15) is 20.4 Å². The quantitative estimate of drug-likeness (QED) is 0.154. The zero-order valence-corrected chi connectivity index (χ0v) is 22.0. The number of rotatable bonds is 6. The lowest BCUT2D eigenvalue weighted by atomic mass is 10.1. The van der Waals surface area contributed by atoms with Crippen LogP contribution in [0.5, 0.6) is 5.75 Å². The fourth-order valence-corrected chi connectivity index (χ4v) is 6.42. The number of azo groups is 1. The van der Waals surface area contributed by atoms with E-state index < -0.39 is 82.3 Å². The molecule has 0 saturated carbocycles. The molecule has 0 fully saturated rings. The second kappa shape index (κ2) is 9.27. The van der Waals surface area contributed by atoms with Crippen molar-refractivity contribution in [3.05, 3.63) is 54.6 Å². The largest absolute Gasteiger partial charge is 0.504 e. The Morgan fingerprint density at radius 2 is 1.13 bits per heavy atom. The van der Waals surface area contributed by atoms with E-state index in [0.717, 1.165) is 12.1 Å². The molecule has 0 unspecified atom stereocenters. The summed E-state index contributed by atoms with van der Waals surface area (Å²) in [4.78, 5) is -4.08. The summed E-state index contributed by atoms with van der Waals surface area (Å²) in [5.41, 5.74) is -1.11. The summed E-state index contributed by atoms with van der Waals surface area (Å²) in [7, 11) is -20.4. The first-order valence-electron chi connectivity index (χ1n) is 9.97. The van der Waals surface area contributed by atoms with Crippen LogP contribution in [-0.2, 0) is 40.5 Å². The van der Waals surface area contributed by atoms with E-state index in [9.17, 15) is 57.0 Å². The third-order valence-corrected chi connectivity index (χ3v) is 8.83. The third kappa shape index (κ3) is 5.46. The summed E-state index contributed by atoms with van der Waals surface area (Å²) < 4.78 is 133. The third-order valence-electron chi connectivity index (χ3n) is 5.34. The fraction of sp³-hybridized carbons (Fsp3) is 0. The van der Waals surface area contributed by atoms with Gasteiger partial charge in [0.25, 0.3) is 40.5 Å². The topological polar surface area (TPSA) is 262 Å². The molecule has 39 heavy (non-hydrogen) atoms. The van der Waals surface area contributed by atoms with Crippen LogP contribution < -0.4 is 0 Å². The first kappa shape index (κ1) is 28.4. The number of fused-ring (bicyclic) bond motifs is 2. The molecule has 0 amide bonds. The number of phenols is 1. The summed E-state index contributed by atoms with van der Waals surface area (Å²) >= 11 is 0. The van der Waals surface area contributed by atoms with Crippen molar-refractivity contribution in [2.45, 2.75) is 19.6 Å². The number of nitrogens with zero attached hydrogens (tertiary/aromatic N) is 2. The second-order valence-electron chi connectivity index (χ2n) is 7.82. The molecule has 0 aliphatic carbocycles. The van der Waals surface area contributed by atoms with E-state index in [0.29, 0.717) is 18.2 Å². The van der Waals surface area contributed by atoms with Crippen LogP contribution >= 0.6 is 0 Å². The van der Waals surface area contributed by atoms with E-state index in [1.54, 1.807) is 0 Å². The lowest BCUT2D eigenvalue weighted by Crippen LogP contribution is -2.06. The highest BCUT2D eigenvalue weighted by Gasteiger charge is 2.28. The van der Waals surface area contributed by atoms with Gasteiger partial charge in [-0.3, -0.25) is 18.2 Å². The van der Waals surface area contributed by atoms with Crippen molar-refractivity contribution in [2.24, 2.45) is 10.2 Å². The van der Waals surface area contributed by atoms with Crippen LogP contribution in [0, 0.1) is 0 Å². The van der Waals surface area contributed by atoms with Gasteiger partial charge in [0, 0.05) is 16.2 Å². The maximum Gasteiger partial charge on any atom is 0.298 e. The molecule has 0 spiro atoms. The van der Waals surface area contributed by atoms with E-state index in [1.807, 2.05) is 0 Å². The van der Waals surface area contributed by atoms with Gasteiger partial charge in [0.05, 0.1) is 10.6 Å². The average molecular weight is 619 g/mol. The highest BCUT2D eigenvalue weighted by molar-refractivity contribution is 7.87. The van der Waals surface area contributed by atoms with Gasteiger partial charge < -0.3 is 5.11 Å². The van der Waals surface area contributed by atoms with Crippen LogP contribution in [0.3, 0.4) is 0 Å². The highest BCUT2D eigenvalue weighted by Crippen LogP contribution is 2.45. The molecule has 5 N–H and O–H groups in total. The van der Waals surface area contributed by atoms with E-state index in [-0.39, 0.29) is 16.5 Å². The standard InChI is InChI=1S/C20H14N2O13S4/c23-20-17(39(33,34)35)8-10-7-11(36(24,25)26)9-16(38(30,31)32)18(10)19(20)22-21-14-5-6-15(37(27,28)29)13-4-2-1-3-12(13)14/h1-9,23H,(H,24,25,26)(H,27,28,29)(H,30,31,32)(H,33,34,35)/b22-21+. The van der Waals surface area contributed by atoms with Crippen LogP contribution in [-0.4, -0.2) is 57.0 Å². The smallest absolute Gasteiger partial charge is 0.298 e. The highest BCUT2D eigenvalue weighted by atomic mass is 32.2. The SMILES string of the molecule is O=S(=O)(O)c1cc(S(=O)(=O)O)c2c(/N=N/c3ccc(S(=O)(=O)O)c4ccccc34)c(O)c(S(=O)(=O)O)cc2c1. The van der Waals surface area contributed by atoms with E-state index in [2.05, 4.69) is 10.2 Å². The van der Waals surface area contributed by atoms with E-state index >= 15 is 0 Å². The van der Waals surface area contributed by atoms with Crippen molar-refractivity contribution in [3.8, 4) is 5.75 Å². The molecular weight excluding hydrogens is 604 g/mol.